The molecular weight excluding hydrogens is 332 g/mol. The van der Waals surface area contributed by atoms with Gasteiger partial charge in [-0.15, -0.1) is 0 Å². The van der Waals surface area contributed by atoms with Gasteiger partial charge in [0, 0.05) is 17.4 Å². The Balaban J connectivity index is 2.12. The quantitative estimate of drug-likeness (QED) is 0.820. The fraction of sp³-hybridized carbons (Fsp3) is 0.333. The molecule has 0 unspecified atom stereocenters. The number of sulfonamides is 1. The molecule has 0 bridgehead atoms. The Hall–Kier alpha value is -2.55. The second-order valence-corrected chi connectivity index (χ2v) is 7.17. The number of carbonyl (C=O) groups is 1. The van der Waals surface area contributed by atoms with E-state index in [0.29, 0.717) is 17.1 Å². The fourth-order valence-corrected chi connectivity index (χ4v) is 2.79. The average Bonchev–Trinajstić information content (AvgIpc) is 2.76. The van der Waals surface area contributed by atoms with Crippen LogP contribution in [0.2, 0.25) is 0 Å². The lowest BCUT2D eigenvalue weighted by Crippen LogP contribution is -2.20. The van der Waals surface area contributed by atoms with Crippen molar-refractivity contribution in [2.45, 2.75) is 20.4 Å². The first-order chi connectivity index (χ1) is 11.2. The zero-order valence-corrected chi connectivity index (χ0v) is 14.8. The summed E-state index contributed by atoms with van der Waals surface area (Å²) < 4.78 is 31.8. The zero-order valence-electron chi connectivity index (χ0n) is 14.0. The first kappa shape index (κ1) is 17.8. The molecule has 1 amide bonds. The molecule has 1 heterocycles. The van der Waals surface area contributed by atoms with Crippen molar-refractivity contribution in [3.8, 4) is 5.75 Å². The van der Waals surface area contributed by atoms with Crippen molar-refractivity contribution in [1.29, 1.82) is 0 Å². The minimum Gasteiger partial charge on any atom is -0.494 e. The van der Waals surface area contributed by atoms with Crippen LogP contribution >= 0.6 is 0 Å². The van der Waals surface area contributed by atoms with Crippen LogP contribution in [0.5, 0.6) is 5.75 Å². The Morgan fingerprint density at radius 2 is 2.00 bits per heavy atom. The van der Waals surface area contributed by atoms with Gasteiger partial charge in [0.15, 0.2) is 0 Å². The van der Waals surface area contributed by atoms with E-state index in [0.717, 1.165) is 17.6 Å². The van der Waals surface area contributed by atoms with Crippen LogP contribution in [-0.2, 0) is 21.4 Å². The lowest BCUT2D eigenvalue weighted by molar-refractivity contribution is -0.116. The number of hydrogen-bond acceptors (Lipinski definition) is 5. The largest absolute Gasteiger partial charge is 0.494 e. The number of carbonyl (C=O) groups excluding carboxylic acids is 1. The summed E-state index contributed by atoms with van der Waals surface area (Å²) >= 11 is 0. The zero-order chi connectivity index (χ0) is 17.9. The number of aryl methyl sites for hydroxylation is 2. The van der Waals surface area contributed by atoms with Crippen LogP contribution in [0.25, 0.3) is 0 Å². The van der Waals surface area contributed by atoms with Gasteiger partial charge in [-0.1, -0.05) is 0 Å². The number of amides is 1. The van der Waals surface area contributed by atoms with Gasteiger partial charge in [-0.3, -0.25) is 14.2 Å². The van der Waals surface area contributed by atoms with E-state index in [1.54, 1.807) is 16.8 Å². The van der Waals surface area contributed by atoms with Gasteiger partial charge in [0.25, 0.3) is 0 Å². The number of rotatable bonds is 6. The van der Waals surface area contributed by atoms with E-state index < -0.39 is 10.0 Å². The average molecular weight is 352 g/mol. The molecular formula is C15H20N4O4S. The molecule has 1 aromatic heterocycles. The number of methoxy groups -OCH3 is 1. The number of nitrogens with zero attached hydrogens (tertiary/aromatic N) is 2. The molecule has 0 radical (unpaired) electrons. The smallest absolute Gasteiger partial charge is 0.246 e. The van der Waals surface area contributed by atoms with Crippen LogP contribution in [0, 0.1) is 13.8 Å². The Labute approximate surface area is 140 Å². The second-order valence-electron chi connectivity index (χ2n) is 5.42. The summed E-state index contributed by atoms with van der Waals surface area (Å²) in [5.74, 6) is 0.0661. The normalized spacial score (nSPS) is 11.2. The van der Waals surface area contributed by atoms with Crippen LogP contribution in [0.1, 0.15) is 11.4 Å². The highest BCUT2D eigenvalue weighted by molar-refractivity contribution is 7.92. The van der Waals surface area contributed by atoms with Crippen molar-refractivity contribution in [3.05, 3.63) is 35.7 Å². The Morgan fingerprint density at radius 3 is 2.54 bits per heavy atom. The maximum Gasteiger partial charge on any atom is 0.246 e. The molecule has 130 valence electrons. The van der Waals surface area contributed by atoms with E-state index in [2.05, 4.69) is 15.1 Å². The Morgan fingerprint density at radius 1 is 1.29 bits per heavy atom. The predicted octanol–water partition coefficient (Wildman–Crippen LogP) is 1.52. The maximum atomic E-state index is 12.1. The van der Waals surface area contributed by atoms with Gasteiger partial charge in [0.2, 0.25) is 15.9 Å². The number of hydrogen-bond donors (Lipinski definition) is 2. The van der Waals surface area contributed by atoms with Gasteiger partial charge in [-0.05, 0) is 32.0 Å². The molecule has 8 nitrogen and oxygen atoms in total. The van der Waals surface area contributed by atoms with E-state index in [-0.39, 0.29) is 12.5 Å². The number of anilines is 2. The Kier molecular flexibility index (Phi) is 5.13. The molecule has 0 fully saturated rings. The molecule has 0 atom stereocenters. The topological polar surface area (TPSA) is 102 Å². The SMILES string of the molecule is COc1cc(NC(=O)Cn2nc(C)cc2C)ccc1NS(C)(=O)=O. The van der Waals surface area contributed by atoms with Crippen molar-refractivity contribution >= 4 is 27.3 Å². The third-order valence-electron chi connectivity index (χ3n) is 3.18. The van der Waals surface area contributed by atoms with E-state index in [4.69, 9.17) is 4.74 Å². The van der Waals surface area contributed by atoms with Gasteiger partial charge < -0.3 is 10.1 Å². The summed E-state index contributed by atoms with van der Waals surface area (Å²) in [6, 6.07) is 6.56. The molecule has 2 aromatic rings. The number of benzene rings is 1. The van der Waals surface area contributed by atoms with Crippen molar-refractivity contribution in [2.24, 2.45) is 0 Å². The van der Waals surface area contributed by atoms with Crippen LogP contribution in [0.4, 0.5) is 11.4 Å². The fourth-order valence-electron chi connectivity index (χ4n) is 2.22. The highest BCUT2D eigenvalue weighted by Gasteiger charge is 2.11. The maximum absolute atomic E-state index is 12.1. The van der Waals surface area contributed by atoms with Crippen molar-refractivity contribution in [2.75, 3.05) is 23.4 Å². The summed E-state index contributed by atoms with van der Waals surface area (Å²) in [6.07, 6.45) is 1.05. The lowest BCUT2D eigenvalue weighted by Gasteiger charge is -2.12. The second kappa shape index (κ2) is 6.91. The minimum atomic E-state index is -3.42. The third kappa shape index (κ3) is 4.72. The molecule has 9 heteroatoms. The van der Waals surface area contributed by atoms with Crippen LogP contribution in [0.15, 0.2) is 24.3 Å². The number of nitrogens with one attached hydrogen (secondary N) is 2. The molecule has 0 saturated carbocycles. The molecule has 2 rings (SSSR count). The van der Waals surface area contributed by atoms with E-state index in [9.17, 15) is 13.2 Å². The van der Waals surface area contributed by atoms with Gasteiger partial charge in [0.1, 0.15) is 12.3 Å². The molecule has 0 aliphatic heterocycles. The molecule has 2 N–H and O–H groups in total. The summed E-state index contributed by atoms with van der Waals surface area (Å²) in [6.45, 7) is 3.83. The van der Waals surface area contributed by atoms with Gasteiger partial charge >= 0.3 is 0 Å². The molecule has 24 heavy (non-hydrogen) atoms. The predicted molar refractivity (Wildman–Crippen MR) is 91.8 cm³/mol. The number of aromatic nitrogens is 2. The molecule has 0 aliphatic carbocycles. The molecule has 1 aromatic carbocycles. The highest BCUT2D eigenvalue weighted by Crippen LogP contribution is 2.28. The molecule has 0 saturated heterocycles. The third-order valence-corrected chi connectivity index (χ3v) is 3.77. The lowest BCUT2D eigenvalue weighted by atomic mass is 10.2. The van der Waals surface area contributed by atoms with Crippen molar-refractivity contribution in [1.82, 2.24) is 9.78 Å². The summed E-state index contributed by atoms with van der Waals surface area (Å²) in [5.41, 5.74) is 2.54. The van der Waals surface area contributed by atoms with Crippen molar-refractivity contribution < 1.29 is 17.9 Å². The van der Waals surface area contributed by atoms with Crippen LogP contribution in [-0.4, -0.2) is 37.5 Å². The first-order valence-electron chi connectivity index (χ1n) is 7.14. The monoisotopic (exact) mass is 352 g/mol. The van der Waals surface area contributed by atoms with E-state index >= 15 is 0 Å². The van der Waals surface area contributed by atoms with Crippen LogP contribution in [0.3, 0.4) is 0 Å². The van der Waals surface area contributed by atoms with Gasteiger partial charge in [-0.25, -0.2) is 8.42 Å². The molecule has 0 spiro atoms. The van der Waals surface area contributed by atoms with Crippen LogP contribution < -0.4 is 14.8 Å². The van der Waals surface area contributed by atoms with Crippen molar-refractivity contribution in [3.63, 3.8) is 0 Å². The van der Waals surface area contributed by atoms with E-state index in [1.807, 2.05) is 19.9 Å². The van der Waals surface area contributed by atoms with E-state index in [1.165, 1.54) is 13.2 Å². The molecule has 0 aliphatic rings. The summed E-state index contributed by atoms with van der Waals surface area (Å²) in [4.78, 5) is 12.1. The first-order valence-corrected chi connectivity index (χ1v) is 9.04. The van der Waals surface area contributed by atoms with Gasteiger partial charge in [-0.2, -0.15) is 5.10 Å². The summed E-state index contributed by atoms with van der Waals surface area (Å²) in [5, 5.41) is 6.97. The minimum absolute atomic E-state index is 0.0886. The van der Waals surface area contributed by atoms with Gasteiger partial charge in [0.05, 0.1) is 24.7 Å². The highest BCUT2D eigenvalue weighted by atomic mass is 32.2. The standard InChI is InChI=1S/C15H20N4O4S/c1-10-7-11(2)19(17-10)9-15(20)16-12-5-6-13(14(8-12)23-3)18-24(4,21)22/h5-8,18H,9H2,1-4H3,(H,16,20). The summed E-state index contributed by atoms with van der Waals surface area (Å²) in [7, 11) is -2.00. The Bertz CT molecular complexity index is 858. The number of ether oxygens (including phenoxy) is 1.